The maximum atomic E-state index is 11.9. The van der Waals surface area contributed by atoms with E-state index in [9.17, 15) is 143 Å². The maximum absolute atomic E-state index is 11.9. The number of hydrogen-bond acceptors (Lipinski definition) is 42. The molecule has 618 valence electrons. The van der Waals surface area contributed by atoms with Crippen molar-refractivity contribution in [2.75, 3.05) is 52.7 Å². The highest BCUT2D eigenvalue weighted by Gasteiger charge is 2.57. The number of phosphoric acid groups is 6. The standard InChI is InChI=1S/3C11H22O15P2.2C6H14N2O2/c3*1-4(12)23-2-5(13)3-24-28(21,22)26-11-8(16)6(14)10(7(15)9(11)17)25-27(18,19)20;2*7-4-2-1-3-5(8)6(9)10/h3*5-11,13-17H,2-3H2,1H3,(H,21,22)(H2,18,19,20);2*5H,1-4,7-8H2,(H,9,10)/t;;;2*5-/m...00/s1. The van der Waals surface area contributed by atoms with Crippen molar-refractivity contribution in [3.05, 3.63) is 0 Å². The topological polar surface area (TPSA) is 929 Å². The van der Waals surface area contributed by atoms with Gasteiger partial charge in [-0.2, -0.15) is 0 Å². The summed E-state index contributed by atoms with van der Waals surface area (Å²) in [5.41, 5.74) is 20.8. The van der Waals surface area contributed by atoms with Gasteiger partial charge in [-0.15, -0.1) is 0 Å². The van der Waals surface area contributed by atoms with E-state index in [1.165, 1.54) is 0 Å². The molecule has 53 nitrogen and oxygen atoms in total. The first-order valence-electron chi connectivity index (χ1n) is 29.5. The van der Waals surface area contributed by atoms with Crippen molar-refractivity contribution >= 4 is 76.8 Å². The van der Waals surface area contributed by atoms with Crippen molar-refractivity contribution in [1.29, 1.82) is 0 Å². The smallest absolute Gasteiger partial charge is 0.472 e. The summed E-state index contributed by atoms with van der Waals surface area (Å²) < 4.78 is 121. The molecular weight excluding hydrogens is 1570 g/mol. The molecule has 3 rings (SSSR count). The van der Waals surface area contributed by atoms with E-state index in [1.807, 2.05) is 0 Å². The van der Waals surface area contributed by atoms with Crippen LogP contribution in [0.2, 0.25) is 0 Å². The molecule has 18 unspecified atom stereocenters. The van der Waals surface area contributed by atoms with Crippen LogP contribution in [0, 0.1) is 0 Å². The Morgan fingerprint density at radius 3 is 0.644 bits per heavy atom. The summed E-state index contributed by atoms with van der Waals surface area (Å²) in [6, 6.07) is -1.43. The molecular formula is C45H94N4O49P6. The Morgan fingerprint density at radius 1 is 0.327 bits per heavy atom. The fraction of sp³-hybridized carbons (Fsp3) is 0.889. The number of carbonyl (C=O) groups is 5. The highest BCUT2D eigenvalue weighted by molar-refractivity contribution is 7.48. The Kier molecular flexibility index (Phi) is 47.8. The Balaban J connectivity index is 0. The van der Waals surface area contributed by atoms with Crippen molar-refractivity contribution in [3.8, 4) is 0 Å². The summed E-state index contributed by atoms with van der Waals surface area (Å²) in [4.78, 5) is 133. The molecule has 0 aromatic rings. The van der Waals surface area contributed by atoms with Crippen molar-refractivity contribution in [2.24, 2.45) is 22.9 Å². The van der Waals surface area contributed by atoms with Crippen LogP contribution in [0.4, 0.5) is 0 Å². The third-order valence-corrected chi connectivity index (χ3v) is 17.5. The lowest BCUT2D eigenvalue weighted by Crippen LogP contribution is -2.64. The van der Waals surface area contributed by atoms with Crippen LogP contribution >= 0.6 is 46.9 Å². The van der Waals surface area contributed by atoms with Crippen LogP contribution in [0.1, 0.15) is 59.3 Å². The van der Waals surface area contributed by atoms with Gasteiger partial charge in [-0.25, -0.2) is 27.4 Å². The number of carboxylic acids is 2. The molecule has 0 spiro atoms. The lowest BCUT2D eigenvalue weighted by atomic mass is 9.85. The van der Waals surface area contributed by atoms with E-state index < -0.39 is 257 Å². The van der Waals surface area contributed by atoms with E-state index in [4.69, 9.17) is 62.5 Å². The average Bonchev–Trinajstić information content (AvgIpc) is 0.794. The van der Waals surface area contributed by atoms with Gasteiger partial charge in [0.25, 0.3) is 0 Å². The summed E-state index contributed by atoms with van der Waals surface area (Å²) in [6.07, 6.45) is -39.8. The first kappa shape index (κ1) is 103. The zero-order chi connectivity index (χ0) is 81.6. The van der Waals surface area contributed by atoms with Crippen LogP contribution in [0.15, 0.2) is 0 Å². The van der Waals surface area contributed by atoms with Gasteiger partial charge >= 0.3 is 76.8 Å². The molecule has 104 heavy (non-hydrogen) atoms. The molecule has 0 heterocycles. The Labute approximate surface area is 587 Å². The van der Waals surface area contributed by atoms with Crippen LogP contribution in [0.3, 0.4) is 0 Å². The van der Waals surface area contributed by atoms with Gasteiger partial charge in [0.1, 0.15) is 160 Å². The van der Waals surface area contributed by atoms with Crippen LogP contribution < -0.4 is 22.9 Å². The molecule has 0 aromatic carbocycles. The molecule has 34 N–H and O–H groups in total. The van der Waals surface area contributed by atoms with E-state index in [-0.39, 0.29) is 0 Å². The average molecular weight is 1660 g/mol. The lowest BCUT2D eigenvalue weighted by Gasteiger charge is -2.43. The highest BCUT2D eigenvalue weighted by atomic mass is 31.2. The fourth-order valence-electron chi connectivity index (χ4n) is 7.91. The van der Waals surface area contributed by atoms with Gasteiger partial charge in [0.2, 0.25) is 0 Å². The number of aliphatic hydroxyl groups excluding tert-OH is 15. The largest absolute Gasteiger partial charge is 0.480 e. The number of aliphatic carboxylic acids is 2. The van der Waals surface area contributed by atoms with E-state index in [0.29, 0.717) is 25.9 Å². The molecule has 3 fully saturated rings. The molecule has 0 aromatic heterocycles. The normalized spacial score (nSPS) is 30.3. The molecule has 0 aliphatic heterocycles. The second-order valence-electron chi connectivity index (χ2n) is 21.9. The summed E-state index contributed by atoms with van der Waals surface area (Å²) >= 11 is 0. The summed E-state index contributed by atoms with van der Waals surface area (Å²) in [7, 11) is -31.0. The van der Waals surface area contributed by atoms with Gasteiger partial charge in [-0.1, -0.05) is 12.8 Å². The monoisotopic (exact) mass is 1660 g/mol. The van der Waals surface area contributed by atoms with Crippen molar-refractivity contribution in [2.45, 2.75) is 200 Å². The molecule has 59 heteroatoms. The van der Waals surface area contributed by atoms with Gasteiger partial charge in [-0.05, 0) is 38.8 Å². The number of ether oxygens (including phenoxy) is 3. The maximum Gasteiger partial charge on any atom is 0.472 e. The van der Waals surface area contributed by atoms with Crippen molar-refractivity contribution < 1.29 is 237 Å². The highest BCUT2D eigenvalue weighted by Crippen LogP contribution is 2.52. The van der Waals surface area contributed by atoms with Gasteiger partial charge < -0.3 is 168 Å². The first-order chi connectivity index (χ1) is 47.3. The summed E-state index contributed by atoms with van der Waals surface area (Å²) in [5, 5.41) is 163. The molecule has 20 atom stereocenters. The SMILES string of the molecule is CC(=O)OCC(O)COP(=O)(O)OC1C(O)C(O)C(OP(=O)(O)O)C(O)C1O.CC(=O)OCC(O)COP(=O)(O)OC1C(O)C(O)C(OP(=O)(O)O)C(O)C1O.CC(=O)OCC(O)COP(=O)(O)OC1C(O)C(O)C(OP(=O)(O)O)C(O)C1O.NCCCC[C@H](N)C(=O)O.NCCCC[C@H](N)C(=O)O. The fourth-order valence-corrected chi connectivity index (χ4v) is 12.5. The van der Waals surface area contributed by atoms with Crippen LogP contribution in [0.25, 0.3) is 0 Å². The van der Waals surface area contributed by atoms with E-state index in [1.54, 1.807) is 0 Å². The molecule has 0 amide bonds. The predicted octanol–water partition coefficient (Wildman–Crippen LogP) is -11.9. The van der Waals surface area contributed by atoms with Crippen LogP contribution in [0.5, 0.6) is 0 Å². The predicted molar refractivity (Wildman–Crippen MR) is 330 cm³/mol. The number of rotatable bonds is 37. The van der Waals surface area contributed by atoms with Crippen LogP contribution in [-0.4, -0.2) is 354 Å². The molecule has 3 aliphatic rings. The number of carboxylic acid groups (broad SMARTS) is 2. The third kappa shape index (κ3) is 42.4. The number of carbonyl (C=O) groups excluding carboxylic acids is 3. The number of phosphoric ester groups is 6. The van der Waals surface area contributed by atoms with Gasteiger partial charge in [-0.3, -0.25) is 64.7 Å². The minimum atomic E-state index is -5.23. The number of nitrogens with two attached hydrogens (primary N) is 4. The molecule has 3 aliphatic carbocycles. The Morgan fingerprint density at radius 2 is 0.500 bits per heavy atom. The number of esters is 3. The number of unbranched alkanes of at least 4 members (excludes halogenated alkanes) is 2. The van der Waals surface area contributed by atoms with Gasteiger partial charge in [0, 0.05) is 20.8 Å². The second kappa shape index (κ2) is 48.1. The van der Waals surface area contributed by atoms with E-state index in [0.717, 1.165) is 46.5 Å². The lowest BCUT2D eigenvalue weighted by molar-refractivity contribution is -0.216. The van der Waals surface area contributed by atoms with E-state index >= 15 is 0 Å². The molecule has 3 saturated carbocycles. The molecule has 0 bridgehead atoms. The van der Waals surface area contributed by atoms with Gasteiger partial charge in [0.05, 0.1) is 19.8 Å². The summed E-state index contributed by atoms with van der Waals surface area (Å²) in [6.45, 7) is 0.0743. The minimum absolute atomic E-state index is 0.520. The molecule has 0 saturated heterocycles. The Hall–Kier alpha value is -2.75. The van der Waals surface area contributed by atoms with Crippen molar-refractivity contribution in [3.63, 3.8) is 0 Å². The Bertz CT molecular complexity index is 2540. The van der Waals surface area contributed by atoms with E-state index in [2.05, 4.69) is 54.9 Å². The first-order valence-corrected chi connectivity index (χ1v) is 38.5. The zero-order valence-electron chi connectivity index (χ0n) is 54.7. The number of hydrogen-bond donors (Lipinski definition) is 30. The number of aliphatic hydroxyl groups is 15. The minimum Gasteiger partial charge on any atom is -0.480 e. The van der Waals surface area contributed by atoms with Crippen molar-refractivity contribution in [1.82, 2.24) is 0 Å². The second-order valence-corrected chi connectivity index (χ2v) is 29.7. The third-order valence-electron chi connectivity index (χ3n) is 13.0. The summed E-state index contributed by atoms with van der Waals surface area (Å²) in [5.74, 6) is -4.06. The van der Waals surface area contributed by atoms with Gasteiger partial charge in [0.15, 0.2) is 0 Å². The van der Waals surface area contributed by atoms with Crippen LogP contribution in [-0.2, 0) is 106 Å². The zero-order valence-corrected chi connectivity index (χ0v) is 60.1. The molecule has 0 radical (unpaired) electrons. The quantitative estimate of drug-likeness (QED) is 0.0119.